The molecule has 1 saturated heterocycles. The summed E-state index contributed by atoms with van der Waals surface area (Å²) in [6.07, 6.45) is 9.01. The van der Waals surface area contributed by atoms with Crippen LogP contribution in [0, 0.1) is 0 Å². The van der Waals surface area contributed by atoms with Gasteiger partial charge < -0.3 is 15.2 Å². The Labute approximate surface area is 214 Å². The minimum atomic E-state index is -3.56. The van der Waals surface area contributed by atoms with E-state index in [1.54, 1.807) is 18.5 Å². The first kappa shape index (κ1) is 25.0. The van der Waals surface area contributed by atoms with Crippen LogP contribution in [0.25, 0.3) is 11.3 Å². The highest BCUT2D eigenvalue weighted by atomic mass is 32.2. The number of sulfonamides is 1. The molecule has 3 aromatic heterocycles. The van der Waals surface area contributed by atoms with Gasteiger partial charge in [0.25, 0.3) is 0 Å². The molecule has 0 spiro atoms. The average molecular weight is 526 g/mol. The van der Waals surface area contributed by atoms with Gasteiger partial charge in [-0.3, -0.25) is 24.5 Å². The quantitative estimate of drug-likeness (QED) is 0.417. The second-order valence-electron chi connectivity index (χ2n) is 9.00. The lowest BCUT2D eigenvalue weighted by Crippen LogP contribution is -2.51. The van der Waals surface area contributed by atoms with E-state index in [2.05, 4.69) is 29.6 Å². The molecular weight excluding hydrogens is 498 g/mol. The number of nitrogens with zero attached hydrogens (tertiary/aromatic N) is 5. The summed E-state index contributed by atoms with van der Waals surface area (Å²) in [6, 6.07) is 3.61. The van der Waals surface area contributed by atoms with Crippen molar-refractivity contribution in [2.24, 2.45) is 5.73 Å². The van der Waals surface area contributed by atoms with Gasteiger partial charge in [0.2, 0.25) is 21.8 Å². The van der Waals surface area contributed by atoms with E-state index in [0.717, 1.165) is 5.56 Å². The summed E-state index contributed by atoms with van der Waals surface area (Å²) in [4.78, 5) is 34.9. The molecule has 1 aliphatic carbocycles. The van der Waals surface area contributed by atoms with Crippen molar-refractivity contribution in [3.63, 3.8) is 0 Å². The number of ether oxygens (including phenoxy) is 2. The molecule has 4 heterocycles. The molecule has 0 radical (unpaired) electrons. The minimum Gasteiger partial charge on any atom is -0.477 e. The van der Waals surface area contributed by atoms with Crippen LogP contribution in [-0.4, -0.2) is 64.3 Å². The van der Waals surface area contributed by atoms with Crippen LogP contribution in [0.15, 0.2) is 43.1 Å². The molecule has 0 bridgehead atoms. The Morgan fingerprint density at radius 3 is 2.68 bits per heavy atom. The summed E-state index contributed by atoms with van der Waals surface area (Å²) in [5, 5.41) is -0.430. The van der Waals surface area contributed by atoms with E-state index < -0.39 is 32.5 Å². The number of hydrogen-bond acceptors (Lipinski definition) is 10. The fourth-order valence-corrected chi connectivity index (χ4v) is 5.83. The van der Waals surface area contributed by atoms with Gasteiger partial charge in [-0.25, -0.2) is 18.4 Å². The van der Waals surface area contributed by atoms with Crippen molar-refractivity contribution >= 4 is 21.7 Å². The van der Waals surface area contributed by atoms with Crippen molar-refractivity contribution in [1.29, 1.82) is 0 Å². The number of pyridine rings is 1. The first-order valence-electron chi connectivity index (χ1n) is 12.0. The molecule has 3 aromatic rings. The maximum Gasteiger partial charge on any atom is 0.236 e. The molecule has 194 valence electrons. The molecule has 13 heteroatoms. The van der Waals surface area contributed by atoms with Gasteiger partial charge in [-0.1, -0.05) is 0 Å². The predicted molar refractivity (Wildman–Crippen MR) is 133 cm³/mol. The molecule has 12 nitrogen and oxygen atoms in total. The standard InChI is InChI=1S/C24H27N7O5S/c1-2-36-22-13-26-10-19(29-22)15-3-6-18(28-9-15)17-14-35-8-7-24(17,23(25)32)20-11-27-12-21(30-20)31-37(33,34)16-4-5-16/h3,6,9-13,16-17H,2,4-5,7-8,14H2,1H3,(H2,25,32)(H,30,31). The van der Waals surface area contributed by atoms with Crippen LogP contribution in [-0.2, 0) is 25.0 Å². The van der Waals surface area contributed by atoms with E-state index in [-0.39, 0.29) is 31.1 Å². The number of amides is 1. The van der Waals surface area contributed by atoms with Crippen molar-refractivity contribution in [3.05, 3.63) is 54.5 Å². The first-order chi connectivity index (χ1) is 17.8. The number of rotatable bonds is 9. The number of hydrogen-bond donors (Lipinski definition) is 2. The Balaban J connectivity index is 1.48. The number of nitrogens with one attached hydrogen (secondary N) is 1. The van der Waals surface area contributed by atoms with E-state index in [0.29, 0.717) is 36.7 Å². The fraction of sp³-hybridized carbons (Fsp3) is 0.417. The molecule has 2 unspecified atom stereocenters. The molecule has 2 fully saturated rings. The Kier molecular flexibility index (Phi) is 6.73. The van der Waals surface area contributed by atoms with Crippen molar-refractivity contribution < 1.29 is 22.7 Å². The predicted octanol–water partition coefficient (Wildman–Crippen LogP) is 1.56. The van der Waals surface area contributed by atoms with Crippen LogP contribution in [0.4, 0.5) is 5.82 Å². The normalized spacial score (nSPS) is 21.8. The van der Waals surface area contributed by atoms with Crippen molar-refractivity contribution in [2.75, 3.05) is 24.5 Å². The lowest BCUT2D eigenvalue weighted by molar-refractivity contribution is -0.128. The Morgan fingerprint density at radius 2 is 1.97 bits per heavy atom. The Morgan fingerprint density at radius 1 is 1.16 bits per heavy atom. The van der Waals surface area contributed by atoms with Gasteiger partial charge in [0.05, 0.1) is 48.4 Å². The number of carbonyl (C=O) groups excluding carboxylic acids is 1. The van der Waals surface area contributed by atoms with Crippen LogP contribution in [0.3, 0.4) is 0 Å². The molecular formula is C24H27N7O5S. The van der Waals surface area contributed by atoms with Crippen molar-refractivity contribution in [3.8, 4) is 17.1 Å². The van der Waals surface area contributed by atoms with Crippen LogP contribution >= 0.6 is 0 Å². The zero-order valence-corrected chi connectivity index (χ0v) is 21.0. The lowest BCUT2D eigenvalue weighted by Gasteiger charge is -2.40. The second-order valence-corrected chi connectivity index (χ2v) is 11.0. The highest BCUT2D eigenvalue weighted by Crippen LogP contribution is 2.44. The molecule has 2 atom stereocenters. The number of nitrogens with two attached hydrogens (primary N) is 1. The van der Waals surface area contributed by atoms with E-state index in [4.69, 9.17) is 15.2 Å². The molecule has 37 heavy (non-hydrogen) atoms. The third kappa shape index (κ3) is 4.96. The lowest BCUT2D eigenvalue weighted by atomic mass is 9.67. The number of anilines is 1. The molecule has 1 amide bonds. The molecule has 2 aliphatic rings. The molecule has 1 saturated carbocycles. The first-order valence-corrected chi connectivity index (χ1v) is 13.5. The monoisotopic (exact) mass is 525 g/mol. The van der Waals surface area contributed by atoms with Crippen LogP contribution in [0.1, 0.15) is 43.5 Å². The molecule has 1 aliphatic heterocycles. The second kappa shape index (κ2) is 9.98. The smallest absolute Gasteiger partial charge is 0.236 e. The summed E-state index contributed by atoms with van der Waals surface area (Å²) in [5.74, 6) is -0.726. The maximum absolute atomic E-state index is 13.1. The van der Waals surface area contributed by atoms with Gasteiger partial charge in [-0.2, -0.15) is 0 Å². The van der Waals surface area contributed by atoms with E-state index in [9.17, 15) is 13.2 Å². The van der Waals surface area contributed by atoms with Crippen molar-refractivity contribution in [1.82, 2.24) is 24.9 Å². The van der Waals surface area contributed by atoms with Crippen molar-refractivity contribution in [2.45, 2.75) is 42.8 Å². The highest BCUT2D eigenvalue weighted by Gasteiger charge is 2.51. The number of aromatic nitrogens is 5. The van der Waals surface area contributed by atoms with Gasteiger partial charge in [0, 0.05) is 36.2 Å². The highest BCUT2D eigenvalue weighted by molar-refractivity contribution is 7.93. The summed E-state index contributed by atoms with van der Waals surface area (Å²) >= 11 is 0. The third-order valence-electron chi connectivity index (χ3n) is 6.61. The van der Waals surface area contributed by atoms with E-state index >= 15 is 0 Å². The zero-order chi connectivity index (χ0) is 26.0. The molecule has 5 rings (SSSR count). The molecule has 0 aromatic carbocycles. The minimum absolute atomic E-state index is 0.0475. The topological polar surface area (TPSA) is 172 Å². The van der Waals surface area contributed by atoms with Crippen LogP contribution in [0.5, 0.6) is 5.88 Å². The number of carbonyl (C=O) groups is 1. The molecule has 3 N–H and O–H groups in total. The SMILES string of the molecule is CCOc1cncc(-c2ccc(C3COCCC3(C(N)=O)c3cncc(NS(=O)(=O)C4CC4)n3)nc2)n1. The van der Waals surface area contributed by atoms with Gasteiger partial charge in [-0.05, 0) is 38.3 Å². The summed E-state index contributed by atoms with van der Waals surface area (Å²) < 4.78 is 38.5. The van der Waals surface area contributed by atoms with Gasteiger partial charge in [-0.15, -0.1) is 0 Å². The number of primary amides is 1. The summed E-state index contributed by atoms with van der Waals surface area (Å²) in [6.45, 7) is 2.79. The van der Waals surface area contributed by atoms with Gasteiger partial charge in [0.15, 0.2) is 5.82 Å². The Hall–Kier alpha value is -3.71. The van der Waals surface area contributed by atoms with E-state index in [1.807, 2.05) is 13.0 Å². The summed E-state index contributed by atoms with van der Waals surface area (Å²) in [7, 11) is -3.56. The zero-order valence-electron chi connectivity index (χ0n) is 20.2. The Bertz CT molecular complexity index is 1400. The largest absolute Gasteiger partial charge is 0.477 e. The average Bonchev–Trinajstić information content (AvgIpc) is 3.76. The maximum atomic E-state index is 13.1. The van der Waals surface area contributed by atoms with E-state index in [1.165, 1.54) is 18.6 Å². The summed E-state index contributed by atoms with van der Waals surface area (Å²) in [5.41, 5.74) is 6.86. The van der Waals surface area contributed by atoms with Gasteiger partial charge in [0.1, 0.15) is 5.41 Å². The van der Waals surface area contributed by atoms with Crippen LogP contribution in [0.2, 0.25) is 0 Å². The fourth-order valence-electron chi connectivity index (χ4n) is 4.52. The van der Waals surface area contributed by atoms with Gasteiger partial charge >= 0.3 is 0 Å². The third-order valence-corrected chi connectivity index (χ3v) is 8.45. The van der Waals surface area contributed by atoms with Crippen LogP contribution < -0.4 is 15.2 Å².